The minimum Gasteiger partial charge on any atom is -0.480 e. The molecule has 1 unspecified atom stereocenters. The van der Waals surface area contributed by atoms with Crippen molar-refractivity contribution in [1.82, 2.24) is 4.90 Å². The molecule has 1 aromatic rings. The van der Waals surface area contributed by atoms with Crippen molar-refractivity contribution >= 4 is 23.3 Å². The van der Waals surface area contributed by atoms with Crippen molar-refractivity contribution in [2.45, 2.75) is 31.7 Å². The summed E-state index contributed by atoms with van der Waals surface area (Å²) in [5, 5.41) is 23.0. The summed E-state index contributed by atoms with van der Waals surface area (Å²) in [5.41, 5.74) is 0.292. The van der Waals surface area contributed by atoms with Crippen LogP contribution < -0.4 is 5.32 Å². The molecule has 8 heteroatoms. The Balaban J connectivity index is 1.92. The molecule has 0 radical (unpaired) electrons. The third-order valence-corrected chi connectivity index (χ3v) is 3.86. The van der Waals surface area contributed by atoms with Crippen LogP contribution in [0.15, 0.2) is 24.3 Å². The second kappa shape index (κ2) is 7.57. The van der Waals surface area contributed by atoms with Crippen molar-refractivity contribution in [3.05, 3.63) is 34.4 Å². The molecule has 0 aliphatic carbocycles. The summed E-state index contributed by atoms with van der Waals surface area (Å²) in [6.45, 7) is 0.661. The summed E-state index contributed by atoms with van der Waals surface area (Å²) in [6.07, 6.45) is 2.16. The highest BCUT2D eigenvalue weighted by Crippen LogP contribution is 2.23. The minimum absolute atomic E-state index is 0.0543. The van der Waals surface area contributed by atoms with E-state index in [1.54, 1.807) is 18.2 Å². The van der Waals surface area contributed by atoms with E-state index in [0.717, 1.165) is 12.8 Å². The van der Waals surface area contributed by atoms with Gasteiger partial charge in [-0.2, -0.15) is 0 Å². The molecular weight excluding hydrogens is 302 g/mol. The SMILES string of the molecule is O=C(O)C1CCCCN1C(=O)CCNc1ccccc1[N+](=O)[O-]. The quantitative estimate of drug-likeness (QED) is 0.611. The molecular formula is C15H19N3O5. The van der Waals surface area contributed by atoms with Gasteiger partial charge in [0.2, 0.25) is 5.91 Å². The Morgan fingerprint density at radius 3 is 2.78 bits per heavy atom. The second-order valence-corrected chi connectivity index (χ2v) is 5.39. The number of anilines is 1. The van der Waals surface area contributed by atoms with Gasteiger partial charge >= 0.3 is 5.97 Å². The largest absolute Gasteiger partial charge is 0.480 e. The number of likely N-dealkylation sites (tertiary alicyclic amines) is 1. The Bertz CT molecular complexity index is 605. The predicted molar refractivity (Wildman–Crippen MR) is 83.2 cm³/mol. The van der Waals surface area contributed by atoms with Gasteiger partial charge in [-0.25, -0.2) is 4.79 Å². The van der Waals surface area contributed by atoms with Crippen LogP contribution in [0.2, 0.25) is 0 Å². The average Bonchev–Trinajstić information content (AvgIpc) is 2.55. The molecule has 1 aromatic carbocycles. The number of nitrogens with one attached hydrogen (secondary N) is 1. The van der Waals surface area contributed by atoms with E-state index in [1.807, 2.05) is 0 Å². The first-order chi connectivity index (χ1) is 11.0. The van der Waals surface area contributed by atoms with Crippen LogP contribution in [0, 0.1) is 10.1 Å². The highest BCUT2D eigenvalue weighted by atomic mass is 16.6. The number of nitrogens with zero attached hydrogens (tertiary/aromatic N) is 2. The topological polar surface area (TPSA) is 113 Å². The molecule has 2 rings (SSSR count). The van der Waals surface area contributed by atoms with Gasteiger partial charge in [-0.05, 0) is 25.3 Å². The summed E-state index contributed by atoms with van der Waals surface area (Å²) in [5.74, 6) is -1.23. The highest BCUT2D eigenvalue weighted by Gasteiger charge is 2.31. The Labute approximate surface area is 133 Å². The number of hydrogen-bond acceptors (Lipinski definition) is 5. The minimum atomic E-state index is -0.982. The van der Waals surface area contributed by atoms with Gasteiger partial charge < -0.3 is 15.3 Å². The maximum Gasteiger partial charge on any atom is 0.326 e. The van der Waals surface area contributed by atoms with E-state index in [-0.39, 0.29) is 24.6 Å². The molecule has 23 heavy (non-hydrogen) atoms. The van der Waals surface area contributed by atoms with E-state index in [4.69, 9.17) is 0 Å². The van der Waals surface area contributed by atoms with E-state index in [2.05, 4.69) is 5.32 Å². The molecule has 0 spiro atoms. The van der Waals surface area contributed by atoms with Crippen LogP contribution in [-0.2, 0) is 9.59 Å². The number of carboxylic acids is 1. The number of rotatable bonds is 6. The number of para-hydroxylation sites is 2. The van der Waals surface area contributed by atoms with Crippen LogP contribution in [-0.4, -0.2) is 45.9 Å². The molecule has 1 aliphatic rings. The number of nitro groups is 1. The van der Waals surface area contributed by atoms with Gasteiger partial charge in [0.1, 0.15) is 11.7 Å². The molecule has 1 heterocycles. The van der Waals surface area contributed by atoms with E-state index in [1.165, 1.54) is 11.0 Å². The number of aliphatic carboxylic acids is 1. The number of carbonyl (C=O) groups excluding carboxylic acids is 1. The molecule has 1 amide bonds. The molecule has 124 valence electrons. The van der Waals surface area contributed by atoms with Gasteiger partial charge in [-0.1, -0.05) is 12.1 Å². The normalized spacial score (nSPS) is 17.6. The van der Waals surface area contributed by atoms with Crippen molar-refractivity contribution in [2.75, 3.05) is 18.4 Å². The predicted octanol–water partition coefficient (Wildman–Crippen LogP) is 1.86. The van der Waals surface area contributed by atoms with Gasteiger partial charge in [0, 0.05) is 25.6 Å². The van der Waals surface area contributed by atoms with E-state index in [0.29, 0.717) is 18.7 Å². The third kappa shape index (κ3) is 4.18. The molecule has 0 saturated carbocycles. The number of nitro benzene ring substituents is 1. The molecule has 0 bridgehead atoms. The fourth-order valence-corrected chi connectivity index (χ4v) is 2.72. The number of amides is 1. The van der Waals surface area contributed by atoms with Crippen LogP contribution >= 0.6 is 0 Å². The maximum atomic E-state index is 12.2. The summed E-state index contributed by atoms with van der Waals surface area (Å²) in [4.78, 5) is 35.2. The molecule has 1 fully saturated rings. The standard InChI is InChI=1S/C15H19N3O5/c19-14(17-10-4-3-7-13(17)15(20)21)8-9-16-11-5-1-2-6-12(11)18(22)23/h1-2,5-6,13,16H,3-4,7-10H2,(H,20,21). The van der Waals surface area contributed by atoms with Crippen molar-refractivity contribution < 1.29 is 19.6 Å². The Morgan fingerprint density at radius 1 is 1.35 bits per heavy atom. The lowest BCUT2D eigenvalue weighted by atomic mass is 10.0. The maximum absolute atomic E-state index is 12.2. The molecule has 8 nitrogen and oxygen atoms in total. The van der Waals surface area contributed by atoms with Gasteiger partial charge in [0.25, 0.3) is 5.69 Å². The molecule has 0 aromatic heterocycles. The van der Waals surface area contributed by atoms with E-state index >= 15 is 0 Å². The van der Waals surface area contributed by atoms with Gasteiger partial charge in [-0.3, -0.25) is 14.9 Å². The third-order valence-electron chi connectivity index (χ3n) is 3.86. The summed E-state index contributed by atoms with van der Waals surface area (Å²) in [6, 6.07) is 5.43. The van der Waals surface area contributed by atoms with Crippen molar-refractivity contribution in [1.29, 1.82) is 0 Å². The van der Waals surface area contributed by atoms with E-state index in [9.17, 15) is 24.8 Å². The first kappa shape index (κ1) is 16.7. The zero-order chi connectivity index (χ0) is 16.8. The summed E-state index contributed by atoms with van der Waals surface area (Å²) in [7, 11) is 0. The molecule has 1 aliphatic heterocycles. The first-order valence-corrected chi connectivity index (χ1v) is 7.50. The molecule has 1 atom stereocenters. The second-order valence-electron chi connectivity index (χ2n) is 5.39. The van der Waals surface area contributed by atoms with E-state index < -0.39 is 16.9 Å². The number of benzene rings is 1. The van der Waals surface area contributed by atoms with Gasteiger partial charge in [0.15, 0.2) is 0 Å². The van der Waals surface area contributed by atoms with Crippen LogP contribution in [0.1, 0.15) is 25.7 Å². The molecule has 2 N–H and O–H groups in total. The number of piperidine rings is 1. The lowest BCUT2D eigenvalue weighted by Gasteiger charge is -2.33. The summed E-state index contributed by atoms with van der Waals surface area (Å²) >= 11 is 0. The van der Waals surface area contributed by atoms with Crippen LogP contribution in [0.25, 0.3) is 0 Å². The number of hydrogen-bond donors (Lipinski definition) is 2. The monoisotopic (exact) mass is 321 g/mol. The Hall–Kier alpha value is -2.64. The Kier molecular flexibility index (Phi) is 5.51. The zero-order valence-electron chi connectivity index (χ0n) is 12.6. The zero-order valence-corrected chi connectivity index (χ0v) is 12.6. The van der Waals surface area contributed by atoms with Crippen LogP contribution in [0.3, 0.4) is 0 Å². The van der Waals surface area contributed by atoms with Gasteiger partial charge in [-0.15, -0.1) is 0 Å². The van der Waals surface area contributed by atoms with Crippen LogP contribution in [0.5, 0.6) is 0 Å². The van der Waals surface area contributed by atoms with Crippen molar-refractivity contribution in [3.63, 3.8) is 0 Å². The highest BCUT2D eigenvalue weighted by molar-refractivity contribution is 5.84. The van der Waals surface area contributed by atoms with Crippen molar-refractivity contribution in [3.8, 4) is 0 Å². The van der Waals surface area contributed by atoms with Crippen LogP contribution in [0.4, 0.5) is 11.4 Å². The Morgan fingerprint density at radius 2 is 2.09 bits per heavy atom. The first-order valence-electron chi connectivity index (χ1n) is 7.50. The fraction of sp³-hybridized carbons (Fsp3) is 0.467. The molecule has 1 saturated heterocycles. The lowest BCUT2D eigenvalue weighted by molar-refractivity contribution is -0.384. The number of carboxylic acid groups (broad SMARTS) is 1. The lowest BCUT2D eigenvalue weighted by Crippen LogP contribution is -2.48. The van der Waals surface area contributed by atoms with Gasteiger partial charge in [0.05, 0.1) is 4.92 Å². The summed E-state index contributed by atoms with van der Waals surface area (Å²) < 4.78 is 0. The smallest absolute Gasteiger partial charge is 0.326 e. The average molecular weight is 321 g/mol. The van der Waals surface area contributed by atoms with Crippen molar-refractivity contribution in [2.24, 2.45) is 0 Å². The fourth-order valence-electron chi connectivity index (χ4n) is 2.72. The number of carbonyl (C=O) groups is 2.